The van der Waals surface area contributed by atoms with Crippen LogP contribution in [0.25, 0.3) is 0 Å². The summed E-state index contributed by atoms with van der Waals surface area (Å²) in [6.07, 6.45) is 3.79. The molecule has 21 heavy (non-hydrogen) atoms. The van der Waals surface area contributed by atoms with Crippen LogP contribution in [0.5, 0.6) is 0 Å². The Labute approximate surface area is 134 Å². The number of ether oxygens (including phenoxy) is 1. The third kappa shape index (κ3) is 5.74. The lowest BCUT2D eigenvalue weighted by atomic mass is 9.75. The second-order valence-electron chi connectivity index (χ2n) is 7.26. The molecule has 1 saturated carbocycles. The first-order valence-electron chi connectivity index (χ1n) is 8.66. The molecule has 0 aromatic carbocycles. The number of β-amino-alcohol motifs (C(OH)–C–C–N with tert-alkyl or cyclic N) is 1. The Morgan fingerprint density at radius 1 is 1.24 bits per heavy atom. The number of thioether (sulfide) groups is 1. The van der Waals surface area contributed by atoms with Crippen LogP contribution in [-0.2, 0) is 4.74 Å². The van der Waals surface area contributed by atoms with Crippen LogP contribution >= 0.6 is 11.8 Å². The van der Waals surface area contributed by atoms with Gasteiger partial charge in [0.05, 0.1) is 18.8 Å². The second-order valence-corrected chi connectivity index (χ2v) is 8.49. The zero-order valence-corrected chi connectivity index (χ0v) is 14.8. The van der Waals surface area contributed by atoms with Gasteiger partial charge in [-0.25, -0.2) is 0 Å². The summed E-state index contributed by atoms with van der Waals surface area (Å²) in [5, 5.41) is 10.2. The summed E-state index contributed by atoms with van der Waals surface area (Å²) in [5.41, 5.74) is 0. The van der Waals surface area contributed by atoms with Gasteiger partial charge < -0.3 is 9.84 Å². The Kier molecular flexibility index (Phi) is 7.33. The first-order chi connectivity index (χ1) is 10.1. The van der Waals surface area contributed by atoms with Crippen LogP contribution in [0.1, 0.15) is 40.0 Å². The van der Waals surface area contributed by atoms with Gasteiger partial charge in [0.25, 0.3) is 0 Å². The lowest BCUT2D eigenvalue weighted by Gasteiger charge is -2.38. The Hall–Kier alpha value is 0.230. The van der Waals surface area contributed by atoms with Crippen molar-refractivity contribution in [1.82, 2.24) is 4.90 Å². The molecule has 0 amide bonds. The van der Waals surface area contributed by atoms with Crippen molar-refractivity contribution in [3.63, 3.8) is 0 Å². The van der Waals surface area contributed by atoms with Crippen molar-refractivity contribution in [3.05, 3.63) is 0 Å². The Morgan fingerprint density at radius 2 is 1.95 bits per heavy atom. The molecule has 1 aliphatic carbocycles. The predicted molar refractivity (Wildman–Crippen MR) is 90.9 cm³/mol. The summed E-state index contributed by atoms with van der Waals surface area (Å²) in [7, 11) is 0. The molecular weight excluding hydrogens is 282 g/mol. The number of nitrogens with zero attached hydrogens (tertiary/aromatic N) is 1. The zero-order chi connectivity index (χ0) is 15.2. The third-order valence-corrected chi connectivity index (χ3v) is 5.98. The largest absolute Gasteiger partial charge is 0.389 e. The van der Waals surface area contributed by atoms with Crippen molar-refractivity contribution in [2.45, 2.75) is 52.2 Å². The first-order valence-corrected chi connectivity index (χ1v) is 9.81. The topological polar surface area (TPSA) is 32.7 Å². The summed E-state index contributed by atoms with van der Waals surface area (Å²) < 4.78 is 6.15. The maximum atomic E-state index is 10.2. The minimum Gasteiger partial charge on any atom is -0.389 e. The molecule has 124 valence electrons. The molecular formula is C17H33NO2S. The van der Waals surface area contributed by atoms with E-state index in [-0.39, 0.29) is 6.10 Å². The highest BCUT2D eigenvalue weighted by Gasteiger charge is 2.31. The van der Waals surface area contributed by atoms with E-state index < -0.39 is 0 Å². The van der Waals surface area contributed by atoms with E-state index in [1.165, 1.54) is 24.3 Å². The molecule has 1 saturated heterocycles. The molecule has 2 aliphatic rings. The van der Waals surface area contributed by atoms with Gasteiger partial charge >= 0.3 is 0 Å². The van der Waals surface area contributed by atoms with Gasteiger partial charge in [-0.05, 0) is 30.6 Å². The van der Waals surface area contributed by atoms with E-state index in [9.17, 15) is 5.11 Å². The molecule has 0 spiro atoms. The smallest absolute Gasteiger partial charge is 0.0900 e. The molecule has 0 aromatic heterocycles. The quantitative estimate of drug-likeness (QED) is 0.817. The fraction of sp³-hybridized carbons (Fsp3) is 1.00. The highest BCUT2D eigenvalue weighted by atomic mass is 32.2. The van der Waals surface area contributed by atoms with Crippen LogP contribution < -0.4 is 0 Å². The van der Waals surface area contributed by atoms with E-state index in [1.807, 2.05) is 11.8 Å². The summed E-state index contributed by atoms with van der Waals surface area (Å²) in [4.78, 5) is 2.37. The Bertz CT molecular complexity index is 295. The SMILES string of the molecule is CC1CCC(C(C)C)C(OCC(O)CN2CCSCC2)C1. The fourth-order valence-corrected chi connectivity index (χ4v) is 4.65. The van der Waals surface area contributed by atoms with E-state index in [1.54, 1.807) is 0 Å². The molecule has 0 radical (unpaired) electrons. The van der Waals surface area contributed by atoms with Crippen LogP contribution in [0, 0.1) is 17.8 Å². The van der Waals surface area contributed by atoms with Crippen molar-refractivity contribution in [3.8, 4) is 0 Å². The van der Waals surface area contributed by atoms with Crippen molar-refractivity contribution in [1.29, 1.82) is 0 Å². The van der Waals surface area contributed by atoms with Gasteiger partial charge in [0.15, 0.2) is 0 Å². The number of aliphatic hydroxyl groups excluding tert-OH is 1. The minimum atomic E-state index is -0.335. The predicted octanol–water partition coefficient (Wildman–Crippen LogP) is 2.87. The van der Waals surface area contributed by atoms with Crippen LogP contribution in [-0.4, -0.2) is 60.0 Å². The number of aliphatic hydroxyl groups is 1. The van der Waals surface area contributed by atoms with E-state index in [2.05, 4.69) is 25.7 Å². The summed E-state index contributed by atoms with van der Waals surface area (Å²) in [6, 6.07) is 0. The highest BCUT2D eigenvalue weighted by molar-refractivity contribution is 7.99. The maximum absolute atomic E-state index is 10.2. The fourth-order valence-electron chi connectivity index (χ4n) is 3.68. The molecule has 2 fully saturated rings. The molecule has 1 heterocycles. The zero-order valence-electron chi connectivity index (χ0n) is 14.0. The van der Waals surface area contributed by atoms with Crippen molar-refractivity contribution < 1.29 is 9.84 Å². The van der Waals surface area contributed by atoms with Crippen LogP contribution in [0.4, 0.5) is 0 Å². The van der Waals surface area contributed by atoms with Gasteiger partial charge in [0, 0.05) is 31.1 Å². The lowest BCUT2D eigenvalue weighted by molar-refractivity contribution is -0.0735. The van der Waals surface area contributed by atoms with Gasteiger partial charge in [-0.1, -0.05) is 27.2 Å². The normalized spacial score (nSPS) is 33.3. The number of rotatable bonds is 6. The molecule has 2 rings (SSSR count). The Balaban J connectivity index is 1.73. The molecule has 0 bridgehead atoms. The molecule has 3 nitrogen and oxygen atoms in total. The van der Waals surface area contributed by atoms with Crippen LogP contribution in [0.2, 0.25) is 0 Å². The number of hydrogen-bond donors (Lipinski definition) is 1. The van der Waals surface area contributed by atoms with Crippen molar-refractivity contribution in [2.75, 3.05) is 37.7 Å². The molecule has 1 aliphatic heterocycles. The van der Waals surface area contributed by atoms with Gasteiger partial charge in [-0.15, -0.1) is 0 Å². The molecule has 4 unspecified atom stereocenters. The third-order valence-electron chi connectivity index (χ3n) is 5.04. The first kappa shape index (κ1) is 17.6. The van der Waals surface area contributed by atoms with Crippen LogP contribution in [0.3, 0.4) is 0 Å². The van der Waals surface area contributed by atoms with E-state index >= 15 is 0 Å². The van der Waals surface area contributed by atoms with Crippen LogP contribution in [0.15, 0.2) is 0 Å². The average Bonchev–Trinajstić information content (AvgIpc) is 2.46. The number of hydrogen-bond acceptors (Lipinski definition) is 4. The average molecular weight is 316 g/mol. The van der Waals surface area contributed by atoms with Gasteiger partial charge in [-0.3, -0.25) is 4.90 Å². The highest BCUT2D eigenvalue weighted by Crippen LogP contribution is 2.35. The maximum Gasteiger partial charge on any atom is 0.0900 e. The van der Waals surface area contributed by atoms with Crippen molar-refractivity contribution in [2.24, 2.45) is 17.8 Å². The summed E-state index contributed by atoms with van der Waals surface area (Å²) >= 11 is 2.01. The van der Waals surface area contributed by atoms with Crippen molar-refractivity contribution >= 4 is 11.8 Å². The Morgan fingerprint density at radius 3 is 2.62 bits per heavy atom. The van der Waals surface area contributed by atoms with Gasteiger partial charge in [0.2, 0.25) is 0 Å². The summed E-state index contributed by atoms with van der Waals surface area (Å²) in [6.45, 7) is 10.4. The van der Waals surface area contributed by atoms with Gasteiger partial charge in [0.1, 0.15) is 0 Å². The summed E-state index contributed by atoms with van der Waals surface area (Å²) in [5.74, 6) is 4.51. The van der Waals surface area contributed by atoms with E-state index in [0.717, 1.165) is 32.0 Å². The lowest BCUT2D eigenvalue weighted by Crippen LogP contribution is -2.42. The molecule has 4 heteroatoms. The van der Waals surface area contributed by atoms with E-state index in [4.69, 9.17) is 4.74 Å². The van der Waals surface area contributed by atoms with E-state index in [0.29, 0.717) is 24.5 Å². The van der Waals surface area contributed by atoms with Gasteiger partial charge in [-0.2, -0.15) is 11.8 Å². The molecule has 4 atom stereocenters. The monoisotopic (exact) mass is 315 g/mol. The molecule has 1 N–H and O–H groups in total. The minimum absolute atomic E-state index is 0.335. The standard InChI is InChI=1S/C17H33NO2S/c1-13(2)16-5-4-14(3)10-17(16)20-12-15(19)11-18-6-8-21-9-7-18/h13-17,19H,4-12H2,1-3H3. The second kappa shape index (κ2) is 8.76. The molecule has 0 aromatic rings.